The van der Waals surface area contributed by atoms with Crippen molar-refractivity contribution >= 4 is 33.9 Å². The van der Waals surface area contributed by atoms with Gasteiger partial charge >= 0.3 is 0 Å². The Labute approximate surface area is 121 Å². The molecular formula is C16H10ClN3. The molecule has 0 radical (unpaired) electrons. The Morgan fingerprint density at radius 3 is 2.70 bits per heavy atom. The van der Waals surface area contributed by atoms with Crippen LogP contribution in [-0.2, 0) is 0 Å². The average molecular weight is 280 g/mol. The number of fused-ring (bicyclic) bond motifs is 1. The summed E-state index contributed by atoms with van der Waals surface area (Å²) < 4.78 is 0. The number of rotatable bonds is 2. The Bertz CT molecular complexity index is 821. The van der Waals surface area contributed by atoms with E-state index in [0.717, 1.165) is 22.3 Å². The van der Waals surface area contributed by atoms with Crippen LogP contribution in [0.2, 0.25) is 5.02 Å². The normalized spacial score (nSPS) is 10.2. The van der Waals surface area contributed by atoms with Crippen LogP contribution in [0, 0.1) is 11.3 Å². The van der Waals surface area contributed by atoms with Gasteiger partial charge in [-0.3, -0.25) is 4.98 Å². The van der Waals surface area contributed by atoms with E-state index in [1.54, 1.807) is 12.3 Å². The summed E-state index contributed by atoms with van der Waals surface area (Å²) in [7, 11) is 0. The molecule has 3 aromatic rings. The van der Waals surface area contributed by atoms with Gasteiger partial charge in [-0.2, -0.15) is 5.26 Å². The van der Waals surface area contributed by atoms with Crippen molar-refractivity contribution in [3.05, 3.63) is 65.3 Å². The Hall–Kier alpha value is -2.57. The lowest BCUT2D eigenvalue weighted by atomic mass is 10.1. The highest BCUT2D eigenvalue weighted by Gasteiger charge is 2.07. The number of hydrogen-bond donors (Lipinski definition) is 1. The Morgan fingerprint density at radius 1 is 1.00 bits per heavy atom. The van der Waals surface area contributed by atoms with Gasteiger partial charge in [0.15, 0.2) is 0 Å². The first-order valence-electron chi connectivity index (χ1n) is 6.09. The van der Waals surface area contributed by atoms with Crippen LogP contribution in [0.25, 0.3) is 10.9 Å². The molecular weight excluding hydrogens is 270 g/mol. The van der Waals surface area contributed by atoms with E-state index in [2.05, 4.69) is 16.4 Å². The van der Waals surface area contributed by atoms with Gasteiger partial charge in [0.2, 0.25) is 0 Å². The number of aromatic nitrogens is 1. The monoisotopic (exact) mass is 279 g/mol. The second-order valence-electron chi connectivity index (χ2n) is 4.28. The van der Waals surface area contributed by atoms with Crippen molar-refractivity contribution in [1.29, 1.82) is 5.26 Å². The van der Waals surface area contributed by atoms with Gasteiger partial charge in [0.1, 0.15) is 6.07 Å². The molecule has 0 fully saturated rings. The summed E-state index contributed by atoms with van der Waals surface area (Å²) in [5, 5.41) is 13.9. The molecule has 3 rings (SSSR count). The molecule has 4 heteroatoms. The zero-order valence-electron chi connectivity index (χ0n) is 10.5. The smallest absolute Gasteiger partial charge is 0.101 e. The fraction of sp³-hybridized carbons (Fsp3) is 0. The Morgan fingerprint density at radius 2 is 1.85 bits per heavy atom. The third kappa shape index (κ3) is 2.18. The van der Waals surface area contributed by atoms with E-state index in [1.165, 1.54) is 0 Å². The number of pyridine rings is 1. The highest BCUT2D eigenvalue weighted by molar-refractivity contribution is 6.35. The molecule has 96 valence electrons. The number of anilines is 2. The predicted octanol–water partition coefficient (Wildman–Crippen LogP) is 4.50. The van der Waals surface area contributed by atoms with Gasteiger partial charge in [0.05, 0.1) is 27.5 Å². The number of halogens is 1. The number of nitrogens with one attached hydrogen (secondary N) is 1. The molecule has 1 heterocycles. The zero-order chi connectivity index (χ0) is 13.9. The van der Waals surface area contributed by atoms with E-state index in [0.29, 0.717) is 10.6 Å². The maximum Gasteiger partial charge on any atom is 0.101 e. The van der Waals surface area contributed by atoms with Crippen LogP contribution in [0.15, 0.2) is 54.7 Å². The van der Waals surface area contributed by atoms with Crippen LogP contribution >= 0.6 is 11.6 Å². The van der Waals surface area contributed by atoms with Crippen LogP contribution in [0.4, 0.5) is 11.4 Å². The van der Waals surface area contributed by atoms with E-state index in [1.807, 2.05) is 42.5 Å². The minimum atomic E-state index is 0.589. The third-order valence-electron chi connectivity index (χ3n) is 3.03. The lowest BCUT2D eigenvalue weighted by Gasteiger charge is -2.11. The van der Waals surface area contributed by atoms with E-state index in [9.17, 15) is 0 Å². The molecule has 0 bridgehead atoms. The molecule has 3 nitrogen and oxygen atoms in total. The molecule has 1 aromatic heterocycles. The average Bonchev–Trinajstić information content (AvgIpc) is 2.51. The number of hydrogen-bond acceptors (Lipinski definition) is 3. The molecule has 0 aliphatic heterocycles. The first-order valence-corrected chi connectivity index (χ1v) is 6.47. The van der Waals surface area contributed by atoms with Gasteiger partial charge in [-0.05, 0) is 36.4 Å². The summed E-state index contributed by atoms with van der Waals surface area (Å²) in [6, 6.07) is 17.0. The second-order valence-corrected chi connectivity index (χ2v) is 4.68. The summed E-state index contributed by atoms with van der Waals surface area (Å²) in [6.07, 6.45) is 1.72. The quantitative estimate of drug-likeness (QED) is 0.751. The van der Waals surface area contributed by atoms with Gasteiger partial charge in [-0.15, -0.1) is 0 Å². The minimum absolute atomic E-state index is 0.589. The maximum atomic E-state index is 9.13. The topological polar surface area (TPSA) is 48.7 Å². The van der Waals surface area contributed by atoms with Crippen molar-refractivity contribution in [2.75, 3.05) is 5.32 Å². The molecule has 1 N–H and O–H groups in total. The number of para-hydroxylation sites is 1. The van der Waals surface area contributed by atoms with Gasteiger partial charge in [0, 0.05) is 11.6 Å². The van der Waals surface area contributed by atoms with Crippen molar-refractivity contribution in [2.45, 2.75) is 0 Å². The highest BCUT2D eigenvalue weighted by atomic mass is 35.5. The summed E-state index contributed by atoms with van der Waals surface area (Å²) >= 11 is 6.17. The van der Waals surface area contributed by atoms with Crippen molar-refractivity contribution in [1.82, 2.24) is 4.98 Å². The molecule has 0 spiro atoms. The highest BCUT2D eigenvalue weighted by Crippen LogP contribution is 2.30. The van der Waals surface area contributed by atoms with Gasteiger partial charge in [0.25, 0.3) is 0 Å². The number of nitriles is 1. The minimum Gasteiger partial charge on any atom is -0.353 e. The van der Waals surface area contributed by atoms with Crippen LogP contribution in [0.1, 0.15) is 5.56 Å². The molecule has 0 amide bonds. The van der Waals surface area contributed by atoms with E-state index in [-0.39, 0.29) is 0 Å². The Kier molecular flexibility index (Phi) is 3.24. The maximum absolute atomic E-state index is 9.13. The van der Waals surface area contributed by atoms with Crippen molar-refractivity contribution in [3.8, 4) is 6.07 Å². The van der Waals surface area contributed by atoms with Crippen molar-refractivity contribution in [3.63, 3.8) is 0 Å². The zero-order valence-corrected chi connectivity index (χ0v) is 11.2. The summed E-state index contributed by atoms with van der Waals surface area (Å²) in [5.74, 6) is 0. The first kappa shape index (κ1) is 12.5. The molecule has 20 heavy (non-hydrogen) atoms. The van der Waals surface area contributed by atoms with Gasteiger partial charge in [-0.1, -0.05) is 23.7 Å². The summed E-state index contributed by atoms with van der Waals surface area (Å²) in [4.78, 5) is 4.36. The standard InChI is InChI=1S/C16H10ClN3/c17-13-7-8-15(16-12(13)5-3-9-19-16)20-14-6-2-1-4-11(14)10-18/h1-9,20H. The SMILES string of the molecule is N#Cc1ccccc1Nc1ccc(Cl)c2cccnc12. The molecule has 0 atom stereocenters. The van der Waals surface area contributed by atoms with Crippen molar-refractivity contribution < 1.29 is 0 Å². The Balaban J connectivity index is 2.12. The van der Waals surface area contributed by atoms with Crippen LogP contribution < -0.4 is 5.32 Å². The third-order valence-corrected chi connectivity index (χ3v) is 3.36. The van der Waals surface area contributed by atoms with E-state index < -0.39 is 0 Å². The van der Waals surface area contributed by atoms with Gasteiger partial charge in [-0.25, -0.2) is 0 Å². The fourth-order valence-corrected chi connectivity index (χ4v) is 2.29. The predicted molar refractivity (Wildman–Crippen MR) is 81.2 cm³/mol. The molecule has 0 unspecified atom stereocenters. The number of nitrogens with zero attached hydrogens (tertiary/aromatic N) is 2. The molecule has 0 saturated heterocycles. The van der Waals surface area contributed by atoms with E-state index >= 15 is 0 Å². The molecule has 0 aliphatic carbocycles. The lowest BCUT2D eigenvalue weighted by molar-refractivity contribution is 1.40. The van der Waals surface area contributed by atoms with Crippen LogP contribution in [0.5, 0.6) is 0 Å². The van der Waals surface area contributed by atoms with Crippen LogP contribution in [0.3, 0.4) is 0 Å². The summed E-state index contributed by atoms with van der Waals surface area (Å²) in [5.41, 5.74) is 2.95. The van der Waals surface area contributed by atoms with Crippen LogP contribution in [-0.4, -0.2) is 4.98 Å². The largest absolute Gasteiger partial charge is 0.353 e. The molecule has 2 aromatic carbocycles. The lowest BCUT2D eigenvalue weighted by Crippen LogP contribution is -1.95. The molecule has 0 saturated carbocycles. The second kappa shape index (κ2) is 5.20. The summed E-state index contributed by atoms with van der Waals surface area (Å²) in [6.45, 7) is 0. The van der Waals surface area contributed by atoms with Gasteiger partial charge < -0.3 is 5.32 Å². The fourth-order valence-electron chi connectivity index (χ4n) is 2.07. The first-order chi connectivity index (χ1) is 9.79. The van der Waals surface area contributed by atoms with Crippen molar-refractivity contribution in [2.24, 2.45) is 0 Å². The van der Waals surface area contributed by atoms with E-state index in [4.69, 9.17) is 16.9 Å². The number of benzene rings is 2. The molecule has 0 aliphatic rings.